The van der Waals surface area contributed by atoms with Crippen molar-refractivity contribution < 1.29 is 9.59 Å². The lowest BCUT2D eigenvalue weighted by molar-refractivity contribution is -0.145. The molecule has 4 rings (SSSR count). The molecule has 0 radical (unpaired) electrons. The molecular formula is C19H28ClN3O2S. The van der Waals surface area contributed by atoms with Crippen LogP contribution in [0.5, 0.6) is 0 Å². The first kappa shape index (κ1) is 19.6. The fraction of sp³-hybridized carbons (Fsp3) is 0.684. The van der Waals surface area contributed by atoms with E-state index in [1.165, 1.54) is 19.3 Å². The van der Waals surface area contributed by atoms with E-state index in [1.54, 1.807) is 11.3 Å². The van der Waals surface area contributed by atoms with Gasteiger partial charge in [-0.15, -0.1) is 12.4 Å². The van der Waals surface area contributed by atoms with Gasteiger partial charge in [0.15, 0.2) is 0 Å². The lowest BCUT2D eigenvalue weighted by Crippen LogP contribution is -2.50. The highest BCUT2D eigenvalue weighted by atomic mass is 35.5. The van der Waals surface area contributed by atoms with Gasteiger partial charge in [0.25, 0.3) is 5.91 Å². The van der Waals surface area contributed by atoms with E-state index < -0.39 is 0 Å². The van der Waals surface area contributed by atoms with Crippen LogP contribution in [0.15, 0.2) is 16.8 Å². The largest absolute Gasteiger partial charge is 0.340 e. The number of carbonyl (C=O) groups is 2. The van der Waals surface area contributed by atoms with Crippen LogP contribution in [-0.2, 0) is 4.79 Å². The number of hydrogen-bond donors (Lipinski definition) is 1. The van der Waals surface area contributed by atoms with E-state index in [4.69, 9.17) is 0 Å². The van der Waals surface area contributed by atoms with Crippen molar-refractivity contribution in [1.82, 2.24) is 15.1 Å². The van der Waals surface area contributed by atoms with Gasteiger partial charge in [-0.1, -0.05) is 12.8 Å². The van der Waals surface area contributed by atoms with Crippen molar-refractivity contribution in [3.63, 3.8) is 0 Å². The van der Waals surface area contributed by atoms with Gasteiger partial charge in [0.05, 0.1) is 11.0 Å². The summed E-state index contributed by atoms with van der Waals surface area (Å²) in [5, 5.41) is 7.32. The maximum absolute atomic E-state index is 13.4. The van der Waals surface area contributed by atoms with Gasteiger partial charge >= 0.3 is 0 Å². The zero-order valence-electron chi connectivity index (χ0n) is 15.1. The first-order valence-electron chi connectivity index (χ1n) is 9.52. The van der Waals surface area contributed by atoms with Crippen molar-refractivity contribution in [2.45, 2.75) is 32.1 Å². The fourth-order valence-electron chi connectivity index (χ4n) is 4.88. The van der Waals surface area contributed by atoms with Crippen LogP contribution >= 0.6 is 23.7 Å². The molecular weight excluding hydrogens is 370 g/mol. The monoisotopic (exact) mass is 397 g/mol. The van der Waals surface area contributed by atoms with Crippen molar-refractivity contribution in [1.29, 1.82) is 0 Å². The molecule has 0 spiro atoms. The minimum atomic E-state index is -0.176. The fourth-order valence-corrected chi connectivity index (χ4v) is 5.51. The third-order valence-corrected chi connectivity index (χ3v) is 6.99. The average Bonchev–Trinajstić information content (AvgIpc) is 3.26. The molecule has 3 heterocycles. The number of fused-ring (bicyclic) bond motifs is 1. The summed E-state index contributed by atoms with van der Waals surface area (Å²) in [6.45, 7) is 4.67. The Balaban J connectivity index is 0.00000196. The van der Waals surface area contributed by atoms with Crippen LogP contribution in [0.4, 0.5) is 0 Å². The summed E-state index contributed by atoms with van der Waals surface area (Å²) in [5.41, 5.74) is 0.598. The van der Waals surface area contributed by atoms with Gasteiger partial charge in [0, 0.05) is 38.1 Å². The van der Waals surface area contributed by atoms with Gasteiger partial charge < -0.3 is 15.1 Å². The van der Waals surface area contributed by atoms with Crippen molar-refractivity contribution in [2.24, 2.45) is 11.3 Å². The molecule has 2 amide bonds. The predicted molar refractivity (Wildman–Crippen MR) is 106 cm³/mol. The second-order valence-corrected chi connectivity index (χ2v) is 8.46. The van der Waals surface area contributed by atoms with Crippen LogP contribution in [0.1, 0.15) is 42.5 Å². The maximum atomic E-state index is 13.4. The molecule has 26 heavy (non-hydrogen) atoms. The summed E-state index contributed by atoms with van der Waals surface area (Å²) in [4.78, 5) is 30.0. The Labute approximate surface area is 165 Å². The Hall–Kier alpha value is -1.11. The number of amides is 2. The highest BCUT2D eigenvalue weighted by Gasteiger charge is 2.51. The van der Waals surface area contributed by atoms with E-state index in [0.717, 1.165) is 44.6 Å². The molecule has 0 bridgehead atoms. The van der Waals surface area contributed by atoms with Crippen molar-refractivity contribution >= 4 is 35.6 Å². The van der Waals surface area contributed by atoms with Gasteiger partial charge in [0.2, 0.25) is 5.91 Å². The standard InChI is InChI=1S/C19H27N3O2S.ClH/c23-17(15-5-11-25-13-15)21-7-3-8-22(10-9-21)18(24)19-6-2-1-4-16(19)12-20-14-19;/h5,11,13,16,20H,1-4,6-10,12,14H2;1H/t16-,19+;/m0./s1. The molecule has 7 heteroatoms. The lowest BCUT2D eigenvalue weighted by Gasteiger charge is -2.40. The molecule has 2 saturated heterocycles. The zero-order chi connectivity index (χ0) is 17.3. The summed E-state index contributed by atoms with van der Waals surface area (Å²) >= 11 is 1.55. The van der Waals surface area contributed by atoms with Crippen LogP contribution in [0.3, 0.4) is 0 Å². The minimum absolute atomic E-state index is 0. The van der Waals surface area contributed by atoms with Gasteiger partial charge in [0.1, 0.15) is 0 Å². The molecule has 3 aliphatic rings. The highest BCUT2D eigenvalue weighted by Crippen LogP contribution is 2.45. The second-order valence-electron chi connectivity index (χ2n) is 7.68. The van der Waals surface area contributed by atoms with Crippen LogP contribution in [0.2, 0.25) is 0 Å². The number of nitrogens with one attached hydrogen (secondary N) is 1. The third kappa shape index (κ3) is 3.51. The first-order valence-corrected chi connectivity index (χ1v) is 10.5. The lowest BCUT2D eigenvalue weighted by atomic mass is 9.67. The third-order valence-electron chi connectivity index (χ3n) is 6.30. The number of hydrogen-bond acceptors (Lipinski definition) is 4. The van der Waals surface area contributed by atoms with Crippen molar-refractivity contribution in [2.75, 3.05) is 39.3 Å². The normalized spacial score (nSPS) is 28.8. The molecule has 0 aromatic carbocycles. The minimum Gasteiger partial charge on any atom is -0.340 e. The van der Waals surface area contributed by atoms with Gasteiger partial charge in [-0.05, 0) is 43.2 Å². The van der Waals surface area contributed by atoms with E-state index in [1.807, 2.05) is 26.6 Å². The van der Waals surface area contributed by atoms with Crippen LogP contribution in [0.25, 0.3) is 0 Å². The summed E-state index contributed by atoms with van der Waals surface area (Å²) in [6.07, 6.45) is 5.49. The Morgan fingerprint density at radius 2 is 1.92 bits per heavy atom. The quantitative estimate of drug-likeness (QED) is 0.834. The number of halogens is 1. The zero-order valence-corrected chi connectivity index (χ0v) is 16.7. The van der Waals surface area contributed by atoms with E-state index >= 15 is 0 Å². The van der Waals surface area contributed by atoms with E-state index in [9.17, 15) is 9.59 Å². The molecule has 1 aliphatic carbocycles. The Morgan fingerprint density at radius 3 is 2.73 bits per heavy atom. The SMILES string of the molecule is Cl.O=C(c1ccsc1)N1CCCN(C(=O)[C@@]23CCCC[C@H]2CNC3)CC1. The Bertz CT molecular complexity index is 639. The predicted octanol–water partition coefficient (Wildman–Crippen LogP) is 2.62. The summed E-state index contributed by atoms with van der Waals surface area (Å²) in [7, 11) is 0. The molecule has 2 aliphatic heterocycles. The maximum Gasteiger partial charge on any atom is 0.254 e. The summed E-state index contributed by atoms with van der Waals surface area (Å²) in [6, 6.07) is 1.89. The number of nitrogens with zero attached hydrogens (tertiary/aromatic N) is 2. The average molecular weight is 398 g/mol. The number of rotatable bonds is 2. The topological polar surface area (TPSA) is 52.7 Å². The molecule has 1 saturated carbocycles. The molecule has 1 aromatic rings. The van der Waals surface area contributed by atoms with E-state index in [2.05, 4.69) is 5.32 Å². The van der Waals surface area contributed by atoms with Crippen molar-refractivity contribution in [3.05, 3.63) is 22.4 Å². The van der Waals surface area contributed by atoms with Gasteiger partial charge in [-0.25, -0.2) is 0 Å². The van der Waals surface area contributed by atoms with Crippen LogP contribution in [0, 0.1) is 11.3 Å². The Morgan fingerprint density at radius 1 is 1.12 bits per heavy atom. The molecule has 0 unspecified atom stereocenters. The molecule has 2 atom stereocenters. The molecule has 5 nitrogen and oxygen atoms in total. The molecule has 1 N–H and O–H groups in total. The van der Waals surface area contributed by atoms with E-state index in [-0.39, 0.29) is 23.7 Å². The number of carbonyl (C=O) groups excluding carboxylic acids is 2. The molecule has 1 aromatic heterocycles. The summed E-state index contributed by atoms with van der Waals surface area (Å²) < 4.78 is 0. The van der Waals surface area contributed by atoms with Crippen LogP contribution in [-0.4, -0.2) is 60.9 Å². The van der Waals surface area contributed by atoms with Crippen molar-refractivity contribution in [3.8, 4) is 0 Å². The van der Waals surface area contributed by atoms with E-state index in [0.29, 0.717) is 24.9 Å². The molecule has 144 valence electrons. The number of thiophene rings is 1. The smallest absolute Gasteiger partial charge is 0.254 e. The second kappa shape index (κ2) is 8.28. The summed E-state index contributed by atoms with van der Waals surface area (Å²) in [5.74, 6) is 0.944. The van der Waals surface area contributed by atoms with Crippen LogP contribution < -0.4 is 5.32 Å². The van der Waals surface area contributed by atoms with Gasteiger partial charge in [-0.2, -0.15) is 11.3 Å². The Kier molecular flexibility index (Phi) is 6.25. The van der Waals surface area contributed by atoms with Gasteiger partial charge in [-0.3, -0.25) is 9.59 Å². The highest BCUT2D eigenvalue weighted by molar-refractivity contribution is 7.08. The molecule has 3 fully saturated rings. The first-order chi connectivity index (χ1) is 12.2.